The van der Waals surface area contributed by atoms with Gasteiger partial charge in [0.2, 0.25) is 0 Å². The number of hydrogen-bond acceptors (Lipinski definition) is 3. The van der Waals surface area contributed by atoms with E-state index in [1.807, 2.05) is 44.3 Å². The van der Waals surface area contributed by atoms with Crippen molar-refractivity contribution in [3.63, 3.8) is 0 Å². The summed E-state index contributed by atoms with van der Waals surface area (Å²) >= 11 is 0. The SMILES string of the molecule is COc1ccccc1N(C)c1ccc([C@@H](C)N)cc1F. The van der Waals surface area contributed by atoms with Gasteiger partial charge in [-0.15, -0.1) is 0 Å². The number of nitrogens with two attached hydrogens (primary N) is 1. The van der Waals surface area contributed by atoms with E-state index in [1.54, 1.807) is 18.1 Å². The number of nitrogens with zero attached hydrogens (tertiary/aromatic N) is 1. The normalized spacial score (nSPS) is 12.1. The van der Waals surface area contributed by atoms with Gasteiger partial charge in [0.05, 0.1) is 18.5 Å². The Hall–Kier alpha value is -2.07. The average molecular weight is 274 g/mol. The molecule has 2 aromatic carbocycles. The minimum atomic E-state index is -0.298. The van der Waals surface area contributed by atoms with Crippen molar-refractivity contribution >= 4 is 11.4 Å². The first-order valence-electron chi connectivity index (χ1n) is 6.46. The molecule has 0 spiro atoms. The van der Waals surface area contributed by atoms with E-state index in [2.05, 4.69) is 0 Å². The van der Waals surface area contributed by atoms with Crippen LogP contribution in [0.15, 0.2) is 42.5 Å². The van der Waals surface area contributed by atoms with Crippen molar-refractivity contribution in [2.75, 3.05) is 19.1 Å². The molecule has 0 unspecified atom stereocenters. The fourth-order valence-corrected chi connectivity index (χ4v) is 2.12. The van der Waals surface area contributed by atoms with E-state index in [0.717, 1.165) is 11.3 Å². The molecule has 0 radical (unpaired) electrons. The number of benzene rings is 2. The molecule has 0 saturated heterocycles. The van der Waals surface area contributed by atoms with Crippen molar-refractivity contribution in [3.8, 4) is 5.75 Å². The summed E-state index contributed by atoms with van der Waals surface area (Å²) < 4.78 is 19.5. The largest absolute Gasteiger partial charge is 0.495 e. The molecule has 0 aliphatic rings. The maximum Gasteiger partial charge on any atom is 0.147 e. The summed E-state index contributed by atoms with van der Waals surface area (Å²) in [6.45, 7) is 1.83. The number of ether oxygens (including phenoxy) is 1. The second-order valence-electron chi connectivity index (χ2n) is 4.73. The van der Waals surface area contributed by atoms with Crippen molar-refractivity contribution in [2.24, 2.45) is 5.73 Å². The van der Waals surface area contributed by atoms with Gasteiger partial charge < -0.3 is 15.4 Å². The van der Waals surface area contributed by atoms with E-state index in [9.17, 15) is 4.39 Å². The van der Waals surface area contributed by atoms with E-state index in [-0.39, 0.29) is 11.9 Å². The first-order chi connectivity index (χ1) is 9.54. The van der Waals surface area contributed by atoms with Crippen LogP contribution < -0.4 is 15.4 Å². The Labute approximate surface area is 118 Å². The molecule has 2 N–H and O–H groups in total. The highest BCUT2D eigenvalue weighted by Crippen LogP contribution is 2.34. The van der Waals surface area contributed by atoms with Crippen molar-refractivity contribution in [2.45, 2.75) is 13.0 Å². The lowest BCUT2D eigenvalue weighted by molar-refractivity contribution is 0.415. The van der Waals surface area contributed by atoms with E-state index in [4.69, 9.17) is 10.5 Å². The highest BCUT2D eigenvalue weighted by Gasteiger charge is 2.14. The van der Waals surface area contributed by atoms with E-state index in [0.29, 0.717) is 11.4 Å². The molecular weight excluding hydrogens is 255 g/mol. The van der Waals surface area contributed by atoms with Gasteiger partial charge in [-0.3, -0.25) is 0 Å². The Morgan fingerprint density at radius 2 is 1.85 bits per heavy atom. The maximum absolute atomic E-state index is 14.2. The molecule has 1 atom stereocenters. The Morgan fingerprint density at radius 1 is 1.15 bits per heavy atom. The summed E-state index contributed by atoms with van der Waals surface area (Å²) in [5, 5.41) is 0. The van der Waals surface area contributed by atoms with E-state index >= 15 is 0 Å². The summed E-state index contributed by atoms with van der Waals surface area (Å²) in [5.74, 6) is 0.402. The Morgan fingerprint density at radius 3 is 2.45 bits per heavy atom. The molecule has 2 rings (SSSR count). The summed E-state index contributed by atoms with van der Waals surface area (Å²) in [4.78, 5) is 1.76. The predicted molar refractivity (Wildman–Crippen MR) is 80.1 cm³/mol. The molecule has 0 amide bonds. The highest BCUT2D eigenvalue weighted by atomic mass is 19.1. The summed E-state index contributed by atoms with van der Waals surface area (Å²) in [6, 6.07) is 12.4. The predicted octanol–water partition coefficient (Wildman–Crippen LogP) is 3.62. The van der Waals surface area contributed by atoms with E-state index in [1.165, 1.54) is 6.07 Å². The lowest BCUT2D eigenvalue weighted by atomic mass is 10.1. The molecule has 106 valence electrons. The zero-order chi connectivity index (χ0) is 14.7. The number of anilines is 2. The molecule has 0 bridgehead atoms. The topological polar surface area (TPSA) is 38.5 Å². The molecule has 0 saturated carbocycles. The van der Waals surface area contributed by atoms with Crippen molar-refractivity contribution in [3.05, 3.63) is 53.8 Å². The Bertz CT molecular complexity index is 599. The van der Waals surface area contributed by atoms with Gasteiger partial charge in [0.1, 0.15) is 11.6 Å². The number of hydrogen-bond donors (Lipinski definition) is 1. The Kier molecular flexibility index (Phi) is 4.25. The van der Waals surface area contributed by atoms with Gasteiger partial charge in [-0.2, -0.15) is 0 Å². The molecular formula is C16H19FN2O. The van der Waals surface area contributed by atoms with Crippen molar-refractivity contribution in [1.82, 2.24) is 0 Å². The zero-order valence-electron chi connectivity index (χ0n) is 11.9. The maximum atomic E-state index is 14.2. The van der Waals surface area contributed by atoms with Gasteiger partial charge in [-0.1, -0.05) is 18.2 Å². The van der Waals surface area contributed by atoms with Crippen LogP contribution in [0.25, 0.3) is 0 Å². The van der Waals surface area contributed by atoms with Gasteiger partial charge in [0.15, 0.2) is 0 Å². The number of para-hydroxylation sites is 2. The molecule has 2 aromatic rings. The van der Waals surface area contributed by atoms with Crippen LogP contribution in [0.2, 0.25) is 0 Å². The third-order valence-corrected chi connectivity index (χ3v) is 3.31. The molecule has 4 heteroatoms. The van der Waals surface area contributed by atoms with Gasteiger partial charge >= 0.3 is 0 Å². The third kappa shape index (κ3) is 2.75. The zero-order valence-corrected chi connectivity index (χ0v) is 11.9. The van der Waals surface area contributed by atoms with Crippen LogP contribution in [0.1, 0.15) is 18.5 Å². The van der Waals surface area contributed by atoms with Crippen molar-refractivity contribution in [1.29, 1.82) is 0 Å². The fraction of sp³-hybridized carbons (Fsp3) is 0.250. The third-order valence-electron chi connectivity index (χ3n) is 3.31. The minimum absolute atomic E-state index is 0.185. The molecule has 0 aromatic heterocycles. The van der Waals surface area contributed by atoms with Crippen molar-refractivity contribution < 1.29 is 9.13 Å². The average Bonchev–Trinajstić information content (AvgIpc) is 2.46. The standard InChI is InChI=1S/C16H19FN2O/c1-11(18)12-8-9-14(13(17)10-12)19(2)15-6-4-5-7-16(15)20-3/h4-11H,18H2,1-3H3/t11-/m1/s1. The van der Waals surface area contributed by atoms with Gasteiger partial charge in [-0.25, -0.2) is 4.39 Å². The molecule has 3 nitrogen and oxygen atoms in total. The lowest BCUT2D eigenvalue weighted by Gasteiger charge is -2.23. The monoisotopic (exact) mass is 274 g/mol. The van der Waals surface area contributed by atoms with Crippen LogP contribution in [-0.2, 0) is 0 Å². The minimum Gasteiger partial charge on any atom is -0.495 e. The highest BCUT2D eigenvalue weighted by molar-refractivity contribution is 5.69. The second-order valence-corrected chi connectivity index (χ2v) is 4.73. The first kappa shape index (κ1) is 14.3. The summed E-state index contributed by atoms with van der Waals surface area (Å²) in [6.07, 6.45) is 0. The first-order valence-corrected chi connectivity index (χ1v) is 6.46. The molecule has 0 heterocycles. The molecule has 0 aliphatic heterocycles. The number of halogens is 1. The molecule has 20 heavy (non-hydrogen) atoms. The summed E-state index contributed by atoms with van der Waals surface area (Å²) in [7, 11) is 3.41. The second kappa shape index (κ2) is 5.92. The van der Waals surface area contributed by atoms with Gasteiger partial charge in [0.25, 0.3) is 0 Å². The van der Waals surface area contributed by atoms with E-state index < -0.39 is 0 Å². The van der Waals surface area contributed by atoms with Crippen LogP contribution in [0.4, 0.5) is 15.8 Å². The Balaban J connectivity index is 2.40. The summed E-state index contributed by atoms with van der Waals surface area (Å²) in [5.41, 5.74) is 7.84. The molecule has 0 fully saturated rings. The number of methoxy groups -OCH3 is 1. The molecule has 0 aliphatic carbocycles. The van der Waals surface area contributed by atoms with Crippen LogP contribution in [0.5, 0.6) is 5.75 Å². The quantitative estimate of drug-likeness (QED) is 0.925. The van der Waals surface area contributed by atoms with Crippen LogP contribution >= 0.6 is 0 Å². The fourth-order valence-electron chi connectivity index (χ4n) is 2.12. The lowest BCUT2D eigenvalue weighted by Crippen LogP contribution is -2.13. The van der Waals surface area contributed by atoms with Gasteiger partial charge in [-0.05, 0) is 36.8 Å². The number of rotatable bonds is 4. The van der Waals surface area contributed by atoms with Gasteiger partial charge in [0, 0.05) is 13.1 Å². The van der Waals surface area contributed by atoms with Crippen LogP contribution in [0.3, 0.4) is 0 Å². The van der Waals surface area contributed by atoms with Crippen LogP contribution in [0, 0.1) is 5.82 Å². The van der Waals surface area contributed by atoms with Crippen LogP contribution in [-0.4, -0.2) is 14.2 Å². The smallest absolute Gasteiger partial charge is 0.147 e.